The summed E-state index contributed by atoms with van der Waals surface area (Å²) >= 11 is 0. The van der Waals surface area contributed by atoms with Crippen LogP contribution in [0.5, 0.6) is 0 Å². The monoisotopic (exact) mass is 463 g/mol. The fraction of sp³-hybridized carbons (Fsp3) is 0.414. The van der Waals surface area contributed by atoms with Gasteiger partial charge in [0.15, 0.2) is 5.78 Å². The molecule has 0 radical (unpaired) electrons. The zero-order valence-corrected chi connectivity index (χ0v) is 21.6. The van der Waals surface area contributed by atoms with E-state index >= 15 is 0 Å². The minimum absolute atomic E-state index is 0.102. The maximum Gasteiger partial charge on any atom is 0.343 e. The molecule has 0 atom stereocenters. The summed E-state index contributed by atoms with van der Waals surface area (Å²) in [6, 6.07) is 11.0. The number of hydrogen-bond acceptors (Lipinski definition) is 4. The molecule has 0 spiro atoms. The third kappa shape index (κ3) is 5.82. The van der Waals surface area contributed by atoms with Crippen molar-refractivity contribution in [2.75, 3.05) is 6.61 Å². The van der Waals surface area contributed by atoms with E-state index in [4.69, 9.17) is 4.74 Å². The van der Waals surface area contributed by atoms with Gasteiger partial charge in [-0.25, -0.2) is 4.79 Å². The van der Waals surface area contributed by atoms with E-state index in [0.29, 0.717) is 29.6 Å². The van der Waals surface area contributed by atoms with E-state index in [2.05, 4.69) is 26.0 Å². The van der Waals surface area contributed by atoms with E-state index in [1.807, 2.05) is 39.8 Å². The molecule has 0 amide bonds. The lowest BCUT2D eigenvalue weighted by atomic mass is 9.95. The number of carbonyl (C=O) groups is 2. The van der Waals surface area contributed by atoms with Gasteiger partial charge < -0.3 is 4.74 Å². The number of fused-ring (bicyclic) bond motifs is 1. The lowest BCUT2D eigenvalue weighted by molar-refractivity contribution is 0.0524. The van der Waals surface area contributed by atoms with Crippen molar-refractivity contribution in [3.8, 4) is 11.3 Å². The van der Waals surface area contributed by atoms with Crippen LogP contribution in [0.15, 0.2) is 41.2 Å². The molecular formula is C29H37NO4. The number of unbranched alkanes of at least 4 members (excludes halogenated alkanes) is 1. The number of carbonyl (C=O) groups excluding carboxylic acids is 2. The second kappa shape index (κ2) is 12.3. The van der Waals surface area contributed by atoms with Gasteiger partial charge in [-0.15, -0.1) is 0 Å². The Hall–Kier alpha value is -3.21. The largest absolute Gasteiger partial charge is 0.462 e. The van der Waals surface area contributed by atoms with Crippen molar-refractivity contribution in [3.05, 3.63) is 74.6 Å². The summed E-state index contributed by atoms with van der Waals surface area (Å²) in [5, 5.41) is 0. The predicted molar refractivity (Wildman–Crippen MR) is 139 cm³/mol. The molecule has 0 bridgehead atoms. The molecule has 0 aliphatic carbocycles. The molecule has 0 unspecified atom stereocenters. The first kappa shape index (κ1) is 27.0. The van der Waals surface area contributed by atoms with Crippen molar-refractivity contribution in [1.82, 2.24) is 4.40 Å². The highest BCUT2D eigenvalue weighted by Crippen LogP contribution is 2.29. The molecule has 3 aromatic rings. The number of benzene rings is 1. The second-order valence-electron chi connectivity index (χ2n) is 8.58. The van der Waals surface area contributed by atoms with Gasteiger partial charge in [0, 0.05) is 17.5 Å². The van der Waals surface area contributed by atoms with E-state index in [-0.39, 0.29) is 18.0 Å². The summed E-state index contributed by atoms with van der Waals surface area (Å²) in [7, 11) is 0. The fourth-order valence-corrected chi connectivity index (χ4v) is 4.06. The van der Waals surface area contributed by atoms with Crippen LogP contribution in [0.4, 0.5) is 0 Å². The van der Waals surface area contributed by atoms with Crippen LogP contribution < -0.4 is 5.56 Å². The minimum atomic E-state index is -0.713. The SMILES string of the molecule is CCCC.CCCC(=O)c1cc(C(=O)OCC)c(=O)n2c(-c3c(C)cc(C)cc3C)cccc12. The molecular weight excluding hydrogens is 426 g/mol. The second-order valence-corrected chi connectivity index (χ2v) is 8.58. The lowest BCUT2D eigenvalue weighted by Gasteiger charge is -2.17. The van der Waals surface area contributed by atoms with Gasteiger partial charge in [-0.05, 0) is 63.4 Å². The van der Waals surface area contributed by atoms with Crippen LogP contribution >= 0.6 is 0 Å². The number of nitrogens with zero attached hydrogens (tertiary/aromatic N) is 1. The number of ether oxygens (including phenoxy) is 1. The molecule has 0 saturated carbocycles. The first-order valence-electron chi connectivity index (χ1n) is 12.2. The zero-order chi connectivity index (χ0) is 25.4. The summed E-state index contributed by atoms with van der Waals surface area (Å²) in [6.07, 6.45) is 3.65. The van der Waals surface area contributed by atoms with Crippen LogP contribution in [0.1, 0.15) is 90.8 Å². The van der Waals surface area contributed by atoms with Crippen molar-refractivity contribution >= 4 is 17.3 Å². The molecule has 0 N–H and O–H groups in total. The number of ketones is 1. The van der Waals surface area contributed by atoms with E-state index < -0.39 is 11.5 Å². The average molecular weight is 464 g/mol. The lowest BCUT2D eigenvalue weighted by Crippen LogP contribution is -2.26. The van der Waals surface area contributed by atoms with Gasteiger partial charge in [-0.3, -0.25) is 14.0 Å². The molecule has 0 saturated heterocycles. The van der Waals surface area contributed by atoms with Crippen LogP contribution in [0.2, 0.25) is 0 Å². The molecule has 5 nitrogen and oxygen atoms in total. The Labute approximate surface area is 202 Å². The molecule has 1 aromatic carbocycles. The standard InChI is InChI=1S/C25H27NO4.C4H10/c1-6-9-22(27)18-14-19(25(29)30-7-2)24(28)26-20(18)10-8-11-21(26)23-16(4)12-15(3)13-17(23)5;1-3-4-2/h8,10-14H,6-7,9H2,1-5H3;3-4H2,1-2H3. The van der Waals surface area contributed by atoms with Gasteiger partial charge in [0.1, 0.15) is 5.56 Å². The molecule has 0 fully saturated rings. The van der Waals surface area contributed by atoms with Crippen molar-refractivity contribution in [3.63, 3.8) is 0 Å². The molecule has 2 aromatic heterocycles. The van der Waals surface area contributed by atoms with Gasteiger partial charge in [0.2, 0.25) is 0 Å². The Morgan fingerprint density at radius 3 is 2.00 bits per heavy atom. The molecule has 2 heterocycles. The molecule has 3 rings (SSSR count). The number of aryl methyl sites for hydroxylation is 3. The highest BCUT2D eigenvalue weighted by atomic mass is 16.5. The van der Waals surface area contributed by atoms with Crippen LogP contribution in [0, 0.1) is 20.8 Å². The Morgan fingerprint density at radius 2 is 1.47 bits per heavy atom. The number of pyridine rings is 2. The Morgan fingerprint density at radius 1 is 0.853 bits per heavy atom. The summed E-state index contributed by atoms with van der Waals surface area (Å²) in [6.45, 7) is 14.1. The van der Waals surface area contributed by atoms with Gasteiger partial charge in [0.25, 0.3) is 5.56 Å². The number of esters is 1. The van der Waals surface area contributed by atoms with Crippen molar-refractivity contribution in [1.29, 1.82) is 0 Å². The number of aromatic nitrogens is 1. The quantitative estimate of drug-likeness (QED) is 0.284. The third-order valence-corrected chi connectivity index (χ3v) is 5.69. The summed E-state index contributed by atoms with van der Waals surface area (Å²) in [5.41, 5.74) is 5.02. The Balaban J connectivity index is 0.000000945. The van der Waals surface area contributed by atoms with Gasteiger partial charge in [0.05, 0.1) is 17.8 Å². The van der Waals surface area contributed by atoms with E-state index in [1.165, 1.54) is 23.3 Å². The number of rotatable bonds is 7. The predicted octanol–water partition coefficient (Wildman–Crippen LogP) is 6.86. The summed E-state index contributed by atoms with van der Waals surface area (Å²) < 4.78 is 6.58. The first-order chi connectivity index (χ1) is 16.2. The van der Waals surface area contributed by atoms with Crippen LogP contribution in [-0.2, 0) is 4.74 Å². The minimum Gasteiger partial charge on any atom is -0.462 e. The normalized spacial score (nSPS) is 10.6. The highest BCUT2D eigenvalue weighted by molar-refractivity contribution is 6.04. The molecule has 0 aliphatic rings. The molecule has 5 heteroatoms. The highest BCUT2D eigenvalue weighted by Gasteiger charge is 2.22. The maximum absolute atomic E-state index is 13.4. The van der Waals surface area contributed by atoms with Crippen LogP contribution in [-0.4, -0.2) is 22.8 Å². The van der Waals surface area contributed by atoms with Crippen molar-refractivity contribution in [2.24, 2.45) is 0 Å². The average Bonchev–Trinajstić information content (AvgIpc) is 2.79. The van der Waals surface area contributed by atoms with Crippen LogP contribution in [0.25, 0.3) is 16.8 Å². The molecule has 0 aliphatic heterocycles. The zero-order valence-electron chi connectivity index (χ0n) is 21.6. The Kier molecular flexibility index (Phi) is 9.79. The van der Waals surface area contributed by atoms with Crippen molar-refractivity contribution in [2.45, 2.75) is 74.1 Å². The topological polar surface area (TPSA) is 64.9 Å². The number of hydrogen-bond donors (Lipinski definition) is 0. The van der Waals surface area contributed by atoms with Crippen molar-refractivity contribution < 1.29 is 14.3 Å². The van der Waals surface area contributed by atoms with Gasteiger partial charge >= 0.3 is 5.97 Å². The fourth-order valence-electron chi connectivity index (χ4n) is 4.06. The van der Waals surface area contributed by atoms with E-state index in [0.717, 1.165) is 22.3 Å². The summed E-state index contributed by atoms with van der Waals surface area (Å²) in [5.74, 6) is -0.815. The van der Waals surface area contributed by atoms with Gasteiger partial charge in [-0.1, -0.05) is 57.4 Å². The van der Waals surface area contributed by atoms with E-state index in [9.17, 15) is 14.4 Å². The van der Waals surface area contributed by atoms with E-state index in [1.54, 1.807) is 13.0 Å². The first-order valence-corrected chi connectivity index (χ1v) is 12.2. The number of Topliss-reactive ketones (excluding diaryl/α,β-unsaturated/α-hetero) is 1. The molecule has 34 heavy (non-hydrogen) atoms. The molecule has 182 valence electrons. The summed E-state index contributed by atoms with van der Waals surface area (Å²) in [4.78, 5) is 38.8. The smallest absolute Gasteiger partial charge is 0.343 e. The van der Waals surface area contributed by atoms with Gasteiger partial charge in [-0.2, -0.15) is 0 Å². The Bertz CT molecular complexity index is 1210. The maximum atomic E-state index is 13.4. The third-order valence-electron chi connectivity index (χ3n) is 5.69. The van der Waals surface area contributed by atoms with Crippen LogP contribution in [0.3, 0.4) is 0 Å².